The van der Waals surface area contributed by atoms with E-state index in [4.69, 9.17) is 0 Å². The van der Waals surface area contributed by atoms with Crippen molar-refractivity contribution in [3.63, 3.8) is 0 Å². The van der Waals surface area contributed by atoms with Crippen LogP contribution < -0.4 is 10.9 Å². The van der Waals surface area contributed by atoms with Crippen LogP contribution in [0, 0.1) is 5.41 Å². The van der Waals surface area contributed by atoms with Gasteiger partial charge in [0.05, 0.1) is 11.1 Å². The Kier molecular flexibility index (Phi) is 4.57. The van der Waals surface area contributed by atoms with E-state index in [1.807, 2.05) is 38.1 Å². The number of nitrogens with zero attached hydrogens (tertiary/aromatic N) is 1. The number of carbonyl (C=O) groups excluding carboxylic acids is 1. The SMILES string of the molecule is CC(C)(CBr)C(=O)Nc1ccc(-c2ccc(=O)[nH]n2)cc1. The Hall–Kier alpha value is -1.95. The molecule has 1 heterocycles. The molecule has 0 bridgehead atoms. The first-order valence-electron chi connectivity index (χ1n) is 6.46. The number of aromatic amines is 1. The van der Waals surface area contributed by atoms with Crippen molar-refractivity contribution in [2.75, 3.05) is 10.6 Å². The van der Waals surface area contributed by atoms with Crippen LogP contribution in [0.1, 0.15) is 13.8 Å². The lowest BCUT2D eigenvalue weighted by Crippen LogP contribution is -2.32. The van der Waals surface area contributed by atoms with Gasteiger partial charge in [-0.2, -0.15) is 5.10 Å². The molecule has 0 spiro atoms. The number of alkyl halides is 1. The lowest BCUT2D eigenvalue weighted by molar-refractivity contribution is -0.122. The number of aromatic nitrogens is 2. The summed E-state index contributed by atoms with van der Waals surface area (Å²) < 4.78 is 0. The van der Waals surface area contributed by atoms with Crippen molar-refractivity contribution >= 4 is 27.5 Å². The number of carbonyl (C=O) groups is 1. The molecule has 0 saturated heterocycles. The predicted octanol–water partition coefficient (Wildman–Crippen LogP) is 2.80. The van der Waals surface area contributed by atoms with E-state index in [0.717, 1.165) is 11.3 Å². The highest BCUT2D eigenvalue weighted by molar-refractivity contribution is 9.09. The van der Waals surface area contributed by atoms with Crippen molar-refractivity contribution in [2.45, 2.75) is 13.8 Å². The molecule has 5 nitrogen and oxygen atoms in total. The van der Waals surface area contributed by atoms with Gasteiger partial charge in [0.1, 0.15) is 0 Å². The summed E-state index contributed by atoms with van der Waals surface area (Å²) in [5.74, 6) is -0.0470. The van der Waals surface area contributed by atoms with E-state index in [1.54, 1.807) is 6.07 Å². The van der Waals surface area contributed by atoms with Crippen molar-refractivity contribution in [3.8, 4) is 11.3 Å². The summed E-state index contributed by atoms with van der Waals surface area (Å²) in [6, 6.07) is 10.4. The maximum absolute atomic E-state index is 12.1. The van der Waals surface area contributed by atoms with Crippen molar-refractivity contribution in [1.29, 1.82) is 0 Å². The number of benzene rings is 1. The van der Waals surface area contributed by atoms with Gasteiger partial charge in [-0.3, -0.25) is 9.59 Å². The van der Waals surface area contributed by atoms with Gasteiger partial charge < -0.3 is 5.32 Å². The molecule has 0 aliphatic rings. The van der Waals surface area contributed by atoms with Crippen molar-refractivity contribution in [3.05, 3.63) is 46.8 Å². The normalized spacial score (nSPS) is 11.2. The molecule has 2 N–H and O–H groups in total. The van der Waals surface area contributed by atoms with Crippen LogP contribution in [-0.2, 0) is 4.79 Å². The van der Waals surface area contributed by atoms with Gasteiger partial charge in [0.15, 0.2) is 0 Å². The van der Waals surface area contributed by atoms with E-state index in [1.165, 1.54) is 6.07 Å². The van der Waals surface area contributed by atoms with E-state index in [9.17, 15) is 9.59 Å². The van der Waals surface area contributed by atoms with Gasteiger partial charge >= 0.3 is 0 Å². The number of halogens is 1. The number of rotatable bonds is 4. The zero-order valence-corrected chi connectivity index (χ0v) is 13.4. The Morgan fingerprint density at radius 1 is 1.24 bits per heavy atom. The van der Waals surface area contributed by atoms with Crippen LogP contribution in [-0.4, -0.2) is 21.4 Å². The van der Waals surface area contributed by atoms with E-state index >= 15 is 0 Å². The Labute approximate surface area is 130 Å². The zero-order chi connectivity index (χ0) is 15.5. The van der Waals surface area contributed by atoms with Crippen LogP contribution in [0.25, 0.3) is 11.3 Å². The third kappa shape index (κ3) is 3.78. The first-order valence-corrected chi connectivity index (χ1v) is 7.58. The van der Waals surface area contributed by atoms with Gasteiger partial charge in [0.2, 0.25) is 5.91 Å². The molecule has 110 valence electrons. The zero-order valence-electron chi connectivity index (χ0n) is 11.8. The van der Waals surface area contributed by atoms with Gasteiger partial charge in [-0.15, -0.1) is 0 Å². The Morgan fingerprint density at radius 2 is 1.90 bits per heavy atom. The molecule has 1 amide bonds. The quantitative estimate of drug-likeness (QED) is 0.833. The molecule has 0 fully saturated rings. The molecule has 0 atom stereocenters. The molecule has 6 heteroatoms. The second-order valence-electron chi connectivity index (χ2n) is 5.36. The van der Waals surface area contributed by atoms with Crippen molar-refractivity contribution in [1.82, 2.24) is 10.2 Å². The summed E-state index contributed by atoms with van der Waals surface area (Å²) in [5, 5.41) is 9.82. The number of hydrogen-bond donors (Lipinski definition) is 2. The fraction of sp³-hybridized carbons (Fsp3) is 0.267. The third-order valence-corrected chi connectivity index (χ3v) is 4.47. The maximum Gasteiger partial charge on any atom is 0.264 e. The molecule has 1 aromatic carbocycles. The fourth-order valence-electron chi connectivity index (χ4n) is 1.59. The van der Waals surface area contributed by atoms with E-state index in [-0.39, 0.29) is 11.5 Å². The second-order valence-corrected chi connectivity index (χ2v) is 5.92. The number of H-pyrrole nitrogens is 1. The molecule has 0 unspecified atom stereocenters. The molecule has 21 heavy (non-hydrogen) atoms. The highest BCUT2D eigenvalue weighted by Gasteiger charge is 2.26. The standard InChI is InChI=1S/C15H16BrN3O2/c1-15(2,9-16)14(21)17-11-5-3-10(4-6-11)12-7-8-13(20)19-18-12/h3-8H,9H2,1-2H3,(H,17,21)(H,19,20). The first-order chi connectivity index (χ1) is 9.92. The minimum absolute atomic E-state index is 0.0470. The average Bonchev–Trinajstić information content (AvgIpc) is 2.49. The minimum atomic E-state index is -0.473. The smallest absolute Gasteiger partial charge is 0.264 e. The van der Waals surface area contributed by atoms with Gasteiger partial charge in [-0.1, -0.05) is 41.9 Å². The number of hydrogen-bond acceptors (Lipinski definition) is 3. The Morgan fingerprint density at radius 3 is 2.43 bits per heavy atom. The first kappa shape index (κ1) is 15.4. The van der Waals surface area contributed by atoms with Gasteiger partial charge in [-0.05, 0) is 18.2 Å². The summed E-state index contributed by atoms with van der Waals surface area (Å²) in [6.45, 7) is 3.74. The topological polar surface area (TPSA) is 74.8 Å². The lowest BCUT2D eigenvalue weighted by atomic mass is 9.95. The van der Waals surface area contributed by atoms with Gasteiger partial charge in [-0.25, -0.2) is 5.10 Å². The summed E-state index contributed by atoms with van der Waals surface area (Å²) >= 11 is 3.33. The van der Waals surface area contributed by atoms with Crippen LogP contribution in [0.3, 0.4) is 0 Å². The maximum atomic E-state index is 12.1. The van der Waals surface area contributed by atoms with Crippen molar-refractivity contribution < 1.29 is 4.79 Å². The van der Waals surface area contributed by atoms with Gasteiger partial charge in [0, 0.05) is 22.6 Å². The minimum Gasteiger partial charge on any atom is -0.326 e. The van der Waals surface area contributed by atoms with Crippen LogP contribution in [0.2, 0.25) is 0 Å². The highest BCUT2D eigenvalue weighted by Crippen LogP contribution is 2.22. The molecule has 0 aliphatic heterocycles. The number of amides is 1. The molecule has 2 aromatic rings. The number of nitrogens with one attached hydrogen (secondary N) is 2. The molecule has 0 saturated carbocycles. The van der Waals surface area contributed by atoms with E-state index < -0.39 is 5.41 Å². The molecular weight excluding hydrogens is 334 g/mol. The van der Waals surface area contributed by atoms with E-state index in [2.05, 4.69) is 31.4 Å². The molecular formula is C15H16BrN3O2. The molecule has 0 aliphatic carbocycles. The lowest BCUT2D eigenvalue weighted by Gasteiger charge is -2.20. The van der Waals surface area contributed by atoms with Gasteiger partial charge in [0.25, 0.3) is 5.56 Å². The summed E-state index contributed by atoms with van der Waals surface area (Å²) in [5.41, 5.74) is 1.55. The Bertz CT molecular complexity index is 672. The largest absolute Gasteiger partial charge is 0.326 e. The van der Waals surface area contributed by atoms with E-state index in [0.29, 0.717) is 11.0 Å². The van der Waals surface area contributed by atoms with Crippen LogP contribution in [0.15, 0.2) is 41.2 Å². The van der Waals surface area contributed by atoms with Crippen LogP contribution in [0.5, 0.6) is 0 Å². The highest BCUT2D eigenvalue weighted by atomic mass is 79.9. The van der Waals surface area contributed by atoms with Crippen LogP contribution in [0.4, 0.5) is 5.69 Å². The summed E-state index contributed by atoms with van der Waals surface area (Å²) in [4.78, 5) is 23.0. The molecule has 1 aromatic heterocycles. The van der Waals surface area contributed by atoms with Crippen molar-refractivity contribution in [2.24, 2.45) is 5.41 Å². The Balaban J connectivity index is 2.14. The molecule has 2 rings (SSSR count). The monoisotopic (exact) mass is 349 g/mol. The third-order valence-electron chi connectivity index (χ3n) is 3.07. The number of anilines is 1. The predicted molar refractivity (Wildman–Crippen MR) is 86.5 cm³/mol. The second kappa shape index (κ2) is 6.22. The summed E-state index contributed by atoms with van der Waals surface area (Å²) in [6.07, 6.45) is 0. The fourth-order valence-corrected chi connectivity index (χ4v) is 1.85. The average molecular weight is 350 g/mol. The molecule has 0 radical (unpaired) electrons. The summed E-state index contributed by atoms with van der Waals surface area (Å²) in [7, 11) is 0. The van der Waals surface area contributed by atoms with Crippen LogP contribution >= 0.6 is 15.9 Å².